The summed E-state index contributed by atoms with van der Waals surface area (Å²) in [4.78, 5) is 13.0. The SMILES string of the molecule is CC(CC#N)N(C)C(=O)c1cccc(C(F)(F)F)c1F. The number of nitrogens with zero attached hydrogens (tertiary/aromatic N) is 2. The average molecular weight is 288 g/mol. The molecular formula is C13H12F4N2O. The fourth-order valence-electron chi connectivity index (χ4n) is 1.58. The molecule has 0 fully saturated rings. The quantitative estimate of drug-likeness (QED) is 0.802. The van der Waals surface area contributed by atoms with E-state index in [1.807, 2.05) is 6.07 Å². The Hall–Kier alpha value is -2.10. The molecule has 0 saturated carbocycles. The number of carbonyl (C=O) groups excluding carboxylic acids is 1. The van der Waals surface area contributed by atoms with Crippen LogP contribution in [0.4, 0.5) is 17.6 Å². The van der Waals surface area contributed by atoms with Gasteiger partial charge in [-0.1, -0.05) is 6.07 Å². The zero-order chi connectivity index (χ0) is 15.5. The molecule has 0 saturated heterocycles. The Morgan fingerprint density at radius 1 is 1.45 bits per heavy atom. The van der Waals surface area contributed by atoms with E-state index in [-0.39, 0.29) is 6.42 Å². The summed E-state index contributed by atoms with van der Waals surface area (Å²) in [5.74, 6) is -2.49. The van der Waals surface area contributed by atoms with Gasteiger partial charge in [0.2, 0.25) is 0 Å². The highest BCUT2D eigenvalue weighted by Gasteiger charge is 2.36. The molecule has 7 heteroatoms. The molecule has 0 aliphatic rings. The molecule has 1 atom stereocenters. The van der Waals surface area contributed by atoms with Crippen LogP contribution in [0.3, 0.4) is 0 Å². The molecule has 1 aromatic carbocycles. The van der Waals surface area contributed by atoms with Gasteiger partial charge in [0.15, 0.2) is 0 Å². The molecule has 1 aromatic rings. The summed E-state index contributed by atoms with van der Waals surface area (Å²) in [6.07, 6.45) is -4.86. The van der Waals surface area contributed by atoms with Crippen molar-refractivity contribution in [2.75, 3.05) is 7.05 Å². The Morgan fingerprint density at radius 2 is 2.05 bits per heavy atom. The Labute approximate surface area is 113 Å². The van der Waals surface area contributed by atoms with Gasteiger partial charge < -0.3 is 4.90 Å². The minimum Gasteiger partial charge on any atom is -0.338 e. The van der Waals surface area contributed by atoms with Crippen molar-refractivity contribution >= 4 is 5.91 Å². The number of hydrogen-bond donors (Lipinski definition) is 0. The molecule has 20 heavy (non-hydrogen) atoms. The number of nitriles is 1. The number of benzene rings is 1. The van der Waals surface area contributed by atoms with Crippen molar-refractivity contribution < 1.29 is 22.4 Å². The fraction of sp³-hybridized carbons (Fsp3) is 0.385. The zero-order valence-electron chi connectivity index (χ0n) is 10.8. The second-order valence-electron chi connectivity index (χ2n) is 4.29. The maximum atomic E-state index is 13.8. The van der Waals surface area contributed by atoms with Crippen molar-refractivity contribution in [3.8, 4) is 6.07 Å². The summed E-state index contributed by atoms with van der Waals surface area (Å²) in [5.41, 5.74) is -2.14. The van der Waals surface area contributed by atoms with E-state index in [2.05, 4.69) is 0 Å². The normalized spacial score (nSPS) is 12.7. The molecule has 0 aliphatic heterocycles. The van der Waals surface area contributed by atoms with Crippen LogP contribution in [0.25, 0.3) is 0 Å². The van der Waals surface area contributed by atoms with Gasteiger partial charge in [-0.25, -0.2) is 4.39 Å². The zero-order valence-corrected chi connectivity index (χ0v) is 10.8. The third-order valence-electron chi connectivity index (χ3n) is 2.90. The van der Waals surface area contributed by atoms with E-state index in [0.29, 0.717) is 6.07 Å². The molecule has 1 rings (SSSR count). The Morgan fingerprint density at radius 3 is 2.55 bits per heavy atom. The van der Waals surface area contributed by atoms with Gasteiger partial charge in [-0.3, -0.25) is 4.79 Å². The van der Waals surface area contributed by atoms with Crippen LogP contribution < -0.4 is 0 Å². The van der Waals surface area contributed by atoms with Gasteiger partial charge in [0, 0.05) is 13.1 Å². The maximum Gasteiger partial charge on any atom is 0.419 e. The standard InChI is InChI=1S/C13H12F4N2O/c1-8(6-7-18)19(2)12(20)9-4-3-5-10(11(9)14)13(15,16)17/h3-5,8H,6H2,1-2H3. The summed E-state index contributed by atoms with van der Waals surface area (Å²) in [6, 6.07) is 3.85. The van der Waals surface area contributed by atoms with Crippen LogP contribution in [0.15, 0.2) is 18.2 Å². The number of halogens is 4. The van der Waals surface area contributed by atoms with Crippen LogP contribution in [0.1, 0.15) is 29.3 Å². The Kier molecular flexibility index (Phi) is 4.71. The van der Waals surface area contributed by atoms with Crippen LogP contribution in [0, 0.1) is 17.1 Å². The summed E-state index contributed by atoms with van der Waals surface area (Å²) in [7, 11) is 1.31. The molecule has 0 heterocycles. The monoisotopic (exact) mass is 288 g/mol. The van der Waals surface area contributed by atoms with Gasteiger partial charge >= 0.3 is 6.18 Å². The largest absolute Gasteiger partial charge is 0.419 e. The topological polar surface area (TPSA) is 44.1 Å². The molecule has 3 nitrogen and oxygen atoms in total. The molecule has 0 radical (unpaired) electrons. The van der Waals surface area contributed by atoms with Crippen molar-refractivity contribution in [1.29, 1.82) is 5.26 Å². The Balaban J connectivity index is 3.16. The number of amides is 1. The number of carbonyl (C=O) groups is 1. The molecule has 0 N–H and O–H groups in total. The first-order valence-corrected chi connectivity index (χ1v) is 5.70. The summed E-state index contributed by atoms with van der Waals surface area (Å²) >= 11 is 0. The van der Waals surface area contributed by atoms with Crippen LogP contribution >= 0.6 is 0 Å². The molecule has 108 valence electrons. The van der Waals surface area contributed by atoms with Gasteiger partial charge in [-0.05, 0) is 19.1 Å². The molecule has 1 unspecified atom stereocenters. The van der Waals surface area contributed by atoms with E-state index in [0.717, 1.165) is 17.0 Å². The summed E-state index contributed by atoms with van der Waals surface area (Å²) in [6.45, 7) is 1.55. The predicted octanol–water partition coefficient (Wildman–Crippen LogP) is 3.22. The molecule has 0 aromatic heterocycles. The predicted molar refractivity (Wildman–Crippen MR) is 63.2 cm³/mol. The van der Waals surface area contributed by atoms with E-state index in [4.69, 9.17) is 5.26 Å². The van der Waals surface area contributed by atoms with Crippen molar-refractivity contribution in [3.63, 3.8) is 0 Å². The summed E-state index contributed by atoms with van der Waals surface area (Å²) < 4.78 is 51.5. The van der Waals surface area contributed by atoms with Crippen LogP contribution in [-0.2, 0) is 6.18 Å². The molecule has 1 amide bonds. The van der Waals surface area contributed by atoms with Crippen molar-refractivity contribution in [2.24, 2.45) is 0 Å². The highest BCUT2D eigenvalue weighted by molar-refractivity contribution is 5.94. The highest BCUT2D eigenvalue weighted by atomic mass is 19.4. The van der Waals surface area contributed by atoms with Gasteiger partial charge in [0.25, 0.3) is 5.91 Å². The van der Waals surface area contributed by atoms with Gasteiger partial charge in [-0.15, -0.1) is 0 Å². The van der Waals surface area contributed by atoms with Crippen LogP contribution in [-0.4, -0.2) is 23.9 Å². The first-order valence-electron chi connectivity index (χ1n) is 5.70. The average Bonchev–Trinajstić information content (AvgIpc) is 2.36. The van der Waals surface area contributed by atoms with Crippen molar-refractivity contribution in [2.45, 2.75) is 25.6 Å². The summed E-state index contributed by atoms with van der Waals surface area (Å²) in [5, 5.41) is 8.53. The Bertz CT molecular complexity index is 548. The van der Waals surface area contributed by atoms with Gasteiger partial charge in [-0.2, -0.15) is 18.4 Å². The molecule has 0 aliphatic carbocycles. The minimum absolute atomic E-state index is 0.00280. The second kappa shape index (κ2) is 5.90. The highest BCUT2D eigenvalue weighted by Crippen LogP contribution is 2.32. The number of alkyl halides is 3. The maximum absolute atomic E-state index is 13.8. The molecule has 0 bridgehead atoms. The lowest BCUT2D eigenvalue weighted by atomic mass is 10.1. The van der Waals surface area contributed by atoms with Gasteiger partial charge in [0.1, 0.15) is 5.82 Å². The van der Waals surface area contributed by atoms with E-state index >= 15 is 0 Å². The van der Waals surface area contributed by atoms with E-state index in [1.165, 1.54) is 7.05 Å². The van der Waals surface area contributed by atoms with E-state index in [9.17, 15) is 22.4 Å². The number of rotatable bonds is 3. The lowest BCUT2D eigenvalue weighted by Gasteiger charge is -2.23. The van der Waals surface area contributed by atoms with Gasteiger partial charge in [0.05, 0.1) is 23.6 Å². The van der Waals surface area contributed by atoms with Crippen LogP contribution in [0.5, 0.6) is 0 Å². The van der Waals surface area contributed by atoms with E-state index in [1.54, 1.807) is 6.92 Å². The van der Waals surface area contributed by atoms with Crippen molar-refractivity contribution in [1.82, 2.24) is 4.90 Å². The van der Waals surface area contributed by atoms with Crippen molar-refractivity contribution in [3.05, 3.63) is 35.1 Å². The number of hydrogen-bond acceptors (Lipinski definition) is 2. The van der Waals surface area contributed by atoms with Crippen LogP contribution in [0.2, 0.25) is 0 Å². The second-order valence-corrected chi connectivity index (χ2v) is 4.29. The fourth-order valence-corrected chi connectivity index (χ4v) is 1.58. The molecular weight excluding hydrogens is 276 g/mol. The lowest BCUT2D eigenvalue weighted by Crippen LogP contribution is -2.35. The third-order valence-corrected chi connectivity index (χ3v) is 2.90. The molecule has 0 spiro atoms. The van der Waals surface area contributed by atoms with E-state index < -0.39 is 35.1 Å². The lowest BCUT2D eigenvalue weighted by molar-refractivity contribution is -0.140. The smallest absolute Gasteiger partial charge is 0.338 e. The first kappa shape index (κ1) is 16.0. The first-order chi connectivity index (χ1) is 9.20. The third kappa shape index (κ3) is 3.26. The minimum atomic E-state index is -4.86.